The van der Waals surface area contributed by atoms with Crippen molar-refractivity contribution in [2.45, 2.75) is 58.7 Å². The van der Waals surface area contributed by atoms with Gasteiger partial charge in [0.05, 0.1) is 12.3 Å². The van der Waals surface area contributed by atoms with Gasteiger partial charge >= 0.3 is 0 Å². The molecule has 186 valence electrons. The van der Waals surface area contributed by atoms with E-state index in [9.17, 15) is 9.59 Å². The summed E-state index contributed by atoms with van der Waals surface area (Å²) in [6, 6.07) is 14.2. The number of aromatic nitrogens is 3. The van der Waals surface area contributed by atoms with Gasteiger partial charge in [0.15, 0.2) is 11.0 Å². The number of nitrogens with zero attached hydrogens (tertiary/aromatic N) is 4. The van der Waals surface area contributed by atoms with E-state index < -0.39 is 0 Å². The number of rotatable bonds is 8. The lowest BCUT2D eigenvalue weighted by Gasteiger charge is -2.19. The van der Waals surface area contributed by atoms with Crippen LogP contribution in [0.2, 0.25) is 0 Å². The third kappa shape index (κ3) is 6.51. The molecule has 8 heteroatoms. The van der Waals surface area contributed by atoms with Crippen molar-refractivity contribution in [2.24, 2.45) is 0 Å². The first kappa shape index (κ1) is 26.5. The number of nitrogens with one attached hydrogen (secondary N) is 1. The zero-order valence-corrected chi connectivity index (χ0v) is 22.5. The summed E-state index contributed by atoms with van der Waals surface area (Å²) < 4.78 is 2.01. The lowest BCUT2D eigenvalue weighted by Crippen LogP contribution is -2.36. The van der Waals surface area contributed by atoms with Crippen molar-refractivity contribution in [3.8, 4) is 11.4 Å². The van der Waals surface area contributed by atoms with Gasteiger partial charge in [-0.05, 0) is 42.9 Å². The molecule has 0 atom stereocenters. The van der Waals surface area contributed by atoms with Gasteiger partial charge in [0.1, 0.15) is 0 Å². The topological polar surface area (TPSA) is 80.1 Å². The van der Waals surface area contributed by atoms with Crippen molar-refractivity contribution in [1.29, 1.82) is 0 Å². The lowest BCUT2D eigenvalue weighted by atomic mass is 9.87. The Morgan fingerprint density at radius 3 is 2.23 bits per heavy atom. The lowest BCUT2D eigenvalue weighted by molar-refractivity contribution is -0.131. The van der Waals surface area contributed by atoms with Crippen molar-refractivity contribution in [3.63, 3.8) is 0 Å². The van der Waals surface area contributed by atoms with Crippen LogP contribution in [0.4, 0.5) is 5.69 Å². The minimum atomic E-state index is -0.221. The van der Waals surface area contributed by atoms with Gasteiger partial charge in [-0.2, -0.15) is 0 Å². The van der Waals surface area contributed by atoms with E-state index in [1.807, 2.05) is 43.5 Å². The molecule has 0 fully saturated rings. The minimum Gasteiger partial charge on any atom is -0.336 e. The predicted molar refractivity (Wildman–Crippen MR) is 143 cm³/mol. The van der Waals surface area contributed by atoms with Gasteiger partial charge in [0.25, 0.3) is 0 Å². The summed E-state index contributed by atoms with van der Waals surface area (Å²) >= 11 is 1.33. The highest BCUT2D eigenvalue weighted by Gasteiger charge is 2.19. The van der Waals surface area contributed by atoms with Crippen molar-refractivity contribution < 1.29 is 9.59 Å². The highest BCUT2D eigenvalue weighted by atomic mass is 32.2. The second-order valence-electron chi connectivity index (χ2n) is 9.73. The number of amides is 2. The Kier molecular flexibility index (Phi) is 8.38. The maximum absolute atomic E-state index is 12.7. The van der Waals surface area contributed by atoms with Crippen LogP contribution >= 0.6 is 11.8 Å². The molecule has 3 aromatic rings. The van der Waals surface area contributed by atoms with Crippen LogP contribution in [-0.2, 0) is 21.5 Å². The fraction of sp³-hybridized carbons (Fsp3) is 0.407. The predicted octanol–water partition coefficient (Wildman–Crippen LogP) is 5.07. The van der Waals surface area contributed by atoms with Crippen LogP contribution in [0, 0.1) is 13.8 Å². The number of likely N-dealkylation sites (N-methyl/N-ethyl adjacent to an activating group) is 1. The third-order valence-electron chi connectivity index (χ3n) is 5.92. The molecule has 0 bridgehead atoms. The van der Waals surface area contributed by atoms with E-state index in [0.29, 0.717) is 11.7 Å². The summed E-state index contributed by atoms with van der Waals surface area (Å²) in [6.07, 6.45) is 0. The van der Waals surface area contributed by atoms with Gasteiger partial charge in [-0.15, -0.1) is 10.2 Å². The minimum absolute atomic E-state index is 0.0149. The molecule has 3 rings (SSSR count). The molecule has 0 spiro atoms. The molecular weight excluding hydrogens is 458 g/mol. The summed E-state index contributed by atoms with van der Waals surface area (Å²) in [6.45, 7) is 13.2. The molecule has 0 aliphatic rings. The Hall–Kier alpha value is -3.13. The Balaban J connectivity index is 1.61. The second kappa shape index (κ2) is 11.1. The number of aryl methyl sites for hydroxylation is 2. The fourth-order valence-electron chi connectivity index (χ4n) is 3.74. The molecule has 0 saturated carbocycles. The van der Waals surface area contributed by atoms with E-state index in [0.717, 1.165) is 28.2 Å². The van der Waals surface area contributed by atoms with Gasteiger partial charge in [-0.1, -0.05) is 75.0 Å². The van der Waals surface area contributed by atoms with Crippen LogP contribution in [0.3, 0.4) is 0 Å². The number of thioether (sulfide) groups is 1. The molecular formula is C27H35N5O2S. The van der Waals surface area contributed by atoms with E-state index in [1.165, 1.54) is 22.2 Å². The number of hydrogen-bond donors (Lipinski definition) is 1. The highest BCUT2D eigenvalue weighted by Crippen LogP contribution is 2.28. The van der Waals surface area contributed by atoms with Crippen LogP contribution in [0.5, 0.6) is 0 Å². The number of hydrogen-bond acceptors (Lipinski definition) is 5. The largest absolute Gasteiger partial charge is 0.336 e. The molecule has 0 aliphatic carbocycles. The Morgan fingerprint density at radius 2 is 1.66 bits per heavy atom. The SMILES string of the molecule is CCn1c(SCC(=O)N(C)CC(=O)Nc2c(C)cccc2C)nnc1-c1ccc(C(C)(C)C)cc1. The van der Waals surface area contributed by atoms with Gasteiger partial charge in [-0.3, -0.25) is 9.59 Å². The van der Waals surface area contributed by atoms with Crippen molar-refractivity contribution in [2.75, 3.05) is 24.7 Å². The maximum Gasteiger partial charge on any atom is 0.243 e. The zero-order valence-electron chi connectivity index (χ0n) is 21.7. The average Bonchev–Trinajstić information content (AvgIpc) is 3.22. The van der Waals surface area contributed by atoms with Crippen LogP contribution in [-0.4, -0.2) is 50.8 Å². The Morgan fingerprint density at radius 1 is 1.03 bits per heavy atom. The second-order valence-corrected chi connectivity index (χ2v) is 10.7. The molecule has 0 saturated heterocycles. The summed E-state index contributed by atoms with van der Waals surface area (Å²) in [5.74, 6) is 0.590. The number of carbonyl (C=O) groups excluding carboxylic acids is 2. The van der Waals surface area contributed by atoms with E-state index >= 15 is 0 Å². The van der Waals surface area contributed by atoms with E-state index in [-0.39, 0.29) is 29.5 Å². The molecule has 2 aromatic carbocycles. The van der Waals surface area contributed by atoms with E-state index in [4.69, 9.17) is 0 Å². The van der Waals surface area contributed by atoms with E-state index in [1.54, 1.807) is 7.05 Å². The molecule has 35 heavy (non-hydrogen) atoms. The monoisotopic (exact) mass is 493 g/mol. The maximum atomic E-state index is 12.7. The van der Waals surface area contributed by atoms with Crippen molar-refractivity contribution in [1.82, 2.24) is 19.7 Å². The molecule has 2 amide bonds. The summed E-state index contributed by atoms with van der Waals surface area (Å²) in [4.78, 5) is 26.7. The average molecular weight is 494 g/mol. The van der Waals surface area contributed by atoms with Crippen LogP contribution in [0.15, 0.2) is 47.6 Å². The summed E-state index contributed by atoms with van der Waals surface area (Å²) in [5.41, 5.74) is 5.11. The standard InChI is InChI=1S/C27H35N5O2S/c1-8-32-25(20-12-14-21(15-13-20)27(4,5)6)29-30-26(32)35-17-23(34)31(7)16-22(33)28-24-18(2)10-9-11-19(24)3/h9-15H,8,16-17H2,1-7H3,(H,28,33). The number of benzene rings is 2. The van der Waals surface area contributed by atoms with Crippen molar-refractivity contribution in [3.05, 3.63) is 59.2 Å². The van der Waals surface area contributed by atoms with Gasteiger partial charge in [0, 0.05) is 24.8 Å². The first-order chi connectivity index (χ1) is 16.5. The fourth-order valence-corrected chi connectivity index (χ4v) is 4.69. The summed E-state index contributed by atoms with van der Waals surface area (Å²) in [5, 5.41) is 12.3. The molecule has 0 radical (unpaired) electrons. The molecule has 1 aromatic heterocycles. The normalized spacial score (nSPS) is 11.4. The Labute approximate surface area is 212 Å². The zero-order chi connectivity index (χ0) is 25.8. The quantitative estimate of drug-likeness (QED) is 0.443. The van der Waals surface area contributed by atoms with Gasteiger partial charge in [-0.25, -0.2) is 0 Å². The molecule has 0 aliphatic heterocycles. The Bertz CT molecular complexity index is 1180. The first-order valence-corrected chi connectivity index (χ1v) is 12.8. The van der Waals surface area contributed by atoms with Crippen LogP contribution in [0.25, 0.3) is 11.4 Å². The number of carbonyl (C=O) groups is 2. The van der Waals surface area contributed by atoms with Gasteiger partial charge in [0.2, 0.25) is 11.8 Å². The summed E-state index contributed by atoms with van der Waals surface area (Å²) in [7, 11) is 1.64. The first-order valence-electron chi connectivity index (χ1n) is 11.8. The molecule has 7 nitrogen and oxygen atoms in total. The molecule has 0 unspecified atom stereocenters. The number of para-hydroxylation sites is 1. The molecule has 1 heterocycles. The van der Waals surface area contributed by atoms with Crippen LogP contribution < -0.4 is 5.32 Å². The van der Waals surface area contributed by atoms with E-state index in [2.05, 4.69) is 60.6 Å². The highest BCUT2D eigenvalue weighted by molar-refractivity contribution is 7.99. The van der Waals surface area contributed by atoms with Crippen molar-refractivity contribution >= 4 is 29.3 Å². The smallest absolute Gasteiger partial charge is 0.243 e. The third-order valence-corrected chi connectivity index (χ3v) is 6.87. The molecule has 1 N–H and O–H groups in total. The number of anilines is 1. The van der Waals surface area contributed by atoms with Crippen LogP contribution in [0.1, 0.15) is 44.4 Å². The van der Waals surface area contributed by atoms with Gasteiger partial charge < -0.3 is 14.8 Å².